The predicted molar refractivity (Wildman–Crippen MR) is 53.8 cm³/mol. The van der Waals surface area contributed by atoms with Crippen molar-refractivity contribution in [2.75, 3.05) is 0 Å². The summed E-state index contributed by atoms with van der Waals surface area (Å²) in [6.07, 6.45) is -1.04. The smallest absolute Gasteiger partial charge is 0.410 e. The van der Waals surface area contributed by atoms with E-state index in [1.54, 1.807) is 16.9 Å². The Morgan fingerprint density at radius 2 is 1.93 bits per heavy atom. The van der Waals surface area contributed by atoms with E-state index < -0.39 is 17.0 Å². The highest BCUT2D eigenvalue weighted by Crippen LogP contribution is 2.11. The second kappa shape index (κ2) is 5.32. The quantitative estimate of drug-likeness (QED) is 0.622. The van der Waals surface area contributed by atoms with E-state index in [1.165, 1.54) is 12.1 Å². The first-order valence-electron chi connectivity index (χ1n) is 4.03. The minimum Gasteiger partial charge on any atom is -0.410 e. The van der Waals surface area contributed by atoms with Crippen molar-refractivity contribution in [2.45, 2.75) is 6.54 Å². The molecular formula is C8H10N2O4S. The average molecular weight is 230 g/mol. The van der Waals surface area contributed by atoms with Gasteiger partial charge in [-0.05, 0) is 17.7 Å². The molecule has 0 aliphatic heterocycles. The maximum atomic E-state index is 10.8. The molecule has 7 heteroatoms. The first-order valence-corrected chi connectivity index (χ1v) is 5.21. The monoisotopic (exact) mass is 230 g/mol. The van der Waals surface area contributed by atoms with Gasteiger partial charge in [-0.3, -0.25) is 0 Å². The number of hydrogen-bond acceptors (Lipinski definition) is 5. The van der Waals surface area contributed by atoms with Gasteiger partial charge in [0.25, 0.3) is 0 Å². The van der Waals surface area contributed by atoms with Crippen LogP contribution in [0.4, 0.5) is 4.79 Å². The van der Waals surface area contributed by atoms with E-state index in [-0.39, 0.29) is 5.75 Å². The summed E-state index contributed by atoms with van der Waals surface area (Å²) >= 11 is 0. The number of hydrogen-bond donors (Lipinski definition) is 3. The lowest BCUT2D eigenvalue weighted by molar-refractivity contribution is 0.207. The summed E-state index contributed by atoms with van der Waals surface area (Å²) in [6.45, 7) is 0.388. The van der Waals surface area contributed by atoms with Crippen LogP contribution in [-0.2, 0) is 17.4 Å². The lowest BCUT2D eigenvalue weighted by atomic mass is 10.2. The number of benzene rings is 1. The van der Waals surface area contributed by atoms with Gasteiger partial charge in [-0.1, -0.05) is 12.1 Å². The van der Waals surface area contributed by atoms with Gasteiger partial charge in [-0.25, -0.2) is 17.9 Å². The first kappa shape index (κ1) is 11.5. The zero-order valence-corrected chi connectivity index (χ0v) is 8.57. The number of rotatable bonds is 3. The van der Waals surface area contributed by atoms with Crippen LogP contribution in [0, 0.1) is 0 Å². The molecule has 0 heterocycles. The van der Waals surface area contributed by atoms with Crippen LogP contribution in [0.2, 0.25) is 0 Å². The number of amides is 1. The molecule has 1 amide bonds. The van der Waals surface area contributed by atoms with Crippen LogP contribution in [0.3, 0.4) is 0 Å². The fourth-order valence-electron chi connectivity index (χ4n) is 0.898. The SMILES string of the molecule is NCc1ccc(OC(=O)N[SH](=O)=O)cc1. The molecule has 0 bridgehead atoms. The molecule has 0 unspecified atom stereocenters. The van der Waals surface area contributed by atoms with Crippen molar-refractivity contribution in [2.24, 2.45) is 5.73 Å². The largest absolute Gasteiger partial charge is 0.426 e. The summed E-state index contributed by atoms with van der Waals surface area (Å²) < 4.78 is 26.5. The van der Waals surface area contributed by atoms with Crippen molar-refractivity contribution in [1.29, 1.82) is 0 Å². The van der Waals surface area contributed by atoms with Crippen molar-refractivity contribution in [3.05, 3.63) is 29.8 Å². The van der Waals surface area contributed by atoms with Crippen LogP contribution < -0.4 is 15.2 Å². The summed E-state index contributed by atoms with van der Waals surface area (Å²) in [5, 5.41) is 0. The Morgan fingerprint density at radius 1 is 1.33 bits per heavy atom. The second-order valence-corrected chi connectivity index (χ2v) is 3.34. The van der Waals surface area contributed by atoms with Crippen LogP contribution in [0.25, 0.3) is 0 Å². The third-order valence-electron chi connectivity index (χ3n) is 1.55. The Bertz CT molecular complexity index is 405. The van der Waals surface area contributed by atoms with Crippen molar-refractivity contribution >= 4 is 17.0 Å². The molecule has 0 spiro atoms. The van der Waals surface area contributed by atoms with E-state index >= 15 is 0 Å². The normalized spacial score (nSPS) is 10.0. The Hall–Kier alpha value is -1.60. The lowest BCUT2D eigenvalue weighted by Gasteiger charge is -2.03. The first-order chi connectivity index (χ1) is 7.11. The molecule has 0 fully saturated rings. The molecule has 1 rings (SSSR count). The van der Waals surface area contributed by atoms with Gasteiger partial charge in [0.1, 0.15) is 5.75 Å². The number of nitrogens with two attached hydrogens (primary N) is 1. The van der Waals surface area contributed by atoms with E-state index in [0.717, 1.165) is 5.56 Å². The third-order valence-corrected chi connectivity index (χ3v) is 1.92. The maximum Gasteiger partial charge on any atom is 0.426 e. The van der Waals surface area contributed by atoms with E-state index in [4.69, 9.17) is 5.73 Å². The van der Waals surface area contributed by atoms with Gasteiger partial charge in [0, 0.05) is 6.54 Å². The Morgan fingerprint density at radius 3 is 2.40 bits per heavy atom. The van der Waals surface area contributed by atoms with Crippen molar-refractivity contribution < 1.29 is 17.9 Å². The number of carbonyl (C=O) groups is 1. The molecule has 1 aromatic carbocycles. The van der Waals surface area contributed by atoms with Crippen molar-refractivity contribution in [3.8, 4) is 5.75 Å². The zero-order chi connectivity index (χ0) is 11.3. The van der Waals surface area contributed by atoms with Crippen LogP contribution in [0.15, 0.2) is 24.3 Å². The molecule has 1 aromatic rings. The molecule has 0 aliphatic carbocycles. The highest BCUT2D eigenvalue weighted by molar-refractivity contribution is 7.70. The predicted octanol–water partition coefficient (Wildman–Crippen LogP) is -0.240. The molecule has 6 nitrogen and oxygen atoms in total. The molecular weight excluding hydrogens is 220 g/mol. The third kappa shape index (κ3) is 3.96. The Kier molecular flexibility index (Phi) is 4.07. The Balaban J connectivity index is 2.61. The summed E-state index contributed by atoms with van der Waals surface area (Å²) in [7, 11) is -2.99. The van der Waals surface area contributed by atoms with Crippen molar-refractivity contribution in [3.63, 3.8) is 0 Å². The molecule has 0 atom stereocenters. The van der Waals surface area contributed by atoms with Gasteiger partial charge in [0.15, 0.2) is 0 Å². The average Bonchev–Trinajstić information content (AvgIpc) is 2.17. The fourth-order valence-corrected chi connectivity index (χ4v) is 1.09. The van der Waals surface area contributed by atoms with Crippen LogP contribution in [0.5, 0.6) is 5.75 Å². The molecule has 0 aliphatic rings. The minimum atomic E-state index is -2.99. The van der Waals surface area contributed by atoms with Gasteiger partial charge in [0.2, 0.25) is 10.9 Å². The van der Waals surface area contributed by atoms with Crippen molar-refractivity contribution in [1.82, 2.24) is 4.72 Å². The number of nitrogens with one attached hydrogen (secondary N) is 1. The topological polar surface area (TPSA) is 98.5 Å². The van der Waals surface area contributed by atoms with Gasteiger partial charge < -0.3 is 10.5 Å². The number of ether oxygens (including phenoxy) is 1. The van der Waals surface area contributed by atoms with E-state index in [1.807, 2.05) is 0 Å². The molecule has 3 N–H and O–H groups in total. The second-order valence-electron chi connectivity index (χ2n) is 2.61. The summed E-state index contributed by atoms with van der Waals surface area (Å²) in [5.41, 5.74) is 6.25. The molecule has 82 valence electrons. The molecule has 0 aromatic heterocycles. The maximum absolute atomic E-state index is 10.8. The van der Waals surface area contributed by atoms with Crippen LogP contribution in [0.1, 0.15) is 5.56 Å². The summed E-state index contributed by atoms with van der Waals surface area (Å²) in [6, 6.07) is 6.42. The Labute approximate surface area is 88.1 Å². The van der Waals surface area contributed by atoms with Gasteiger partial charge >= 0.3 is 6.09 Å². The van der Waals surface area contributed by atoms with Gasteiger partial charge in [-0.2, -0.15) is 0 Å². The van der Waals surface area contributed by atoms with Gasteiger partial charge in [0.05, 0.1) is 0 Å². The molecule has 15 heavy (non-hydrogen) atoms. The number of carbonyl (C=O) groups excluding carboxylic acids is 1. The number of thiol groups is 1. The minimum absolute atomic E-state index is 0.251. The highest BCUT2D eigenvalue weighted by atomic mass is 32.2. The molecule has 0 saturated heterocycles. The summed E-state index contributed by atoms with van der Waals surface area (Å²) in [4.78, 5) is 10.8. The molecule has 0 radical (unpaired) electrons. The van der Waals surface area contributed by atoms with E-state index in [2.05, 4.69) is 4.74 Å². The van der Waals surface area contributed by atoms with Gasteiger partial charge in [-0.15, -0.1) is 0 Å². The fraction of sp³-hybridized carbons (Fsp3) is 0.125. The standard InChI is InChI=1S/C8H10N2O4S/c9-5-6-1-3-7(4-2-6)14-8(11)10-15(12)13/h1-4,15H,5,9H2,(H,10,11,12,13). The van der Waals surface area contributed by atoms with E-state index in [0.29, 0.717) is 6.54 Å². The zero-order valence-electron chi connectivity index (χ0n) is 7.67. The molecule has 0 saturated carbocycles. The summed E-state index contributed by atoms with van der Waals surface area (Å²) in [5.74, 6) is 0.251. The lowest BCUT2D eigenvalue weighted by Crippen LogP contribution is -2.25. The van der Waals surface area contributed by atoms with Crippen LogP contribution in [-0.4, -0.2) is 14.5 Å². The highest BCUT2D eigenvalue weighted by Gasteiger charge is 2.03. The van der Waals surface area contributed by atoms with E-state index in [9.17, 15) is 13.2 Å². The van der Waals surface area contributed by atoms with Crippen LogP contribution >= 0.6 is 0 Å².